The van der Waals surface area contributed by atoms with Crippen LogP contribution in [0.3, 0.4) is 0 Å². The minimum atomic E-state index is -0.768. The van der Waals surface area contributed by atoms with Gasteiger partial charge in [-0.15, -0.1) is 0 Å². The molecule has 0 fully saturated rings. The maximum Gasteiger partial charge on any atom is 0.363 e. The first-order valence-electron chi connectivity index (χ1n) is 6.59. The highest BCUT2D eigenvalue weighted by Gasteiger charge is 2.09. The molecule has 0 aliphatic rings. The van der Waals surface area contributed by atoms with Crippen molar-refractivity contribution in [3.05, 3.63) is 28.4 Å². The number of carboxylic acid groups (broad SMARTS) is 1. The predicted octanol–water partition coefficient (Wildman–Crippen LogP) is 2.68. The molecule has 0 saturated heterocycles. The third-order valence-electron chi connectivity index (χ3n) is 3.16. The number of hydrogen-bond acceptors (Lipinski definition) is 5. The zero-order valence-electron chi connectivity index (χ0n) is 11.4. The van der Waals surface area contributed by atoms with Gasteiger partial charge in [-0.3, -0.25) is 4.79 Å². The quantitative estimate of drug-likeness (QED) is 0.532. The van der Waals surface area contributed by atoms with Gasteiger partial charge in [0.1, 0.15) is 0 Å². The summed E-state index contributed by atoms with van der Waals surface area (Å²) in [6.07, 6.45) is 4.09. The highest BCUT2D eigenvalue weighted by molar-refractivity contribution is 5.66. The second kappa shape index (κ2) is 8.08. The number of nitrogens with zero attached hydrogens (tertiary/aromatic N) is 2. The first-order chi connectivity index (χ1) is 9.52. The molecule has 1 rings (SSSR count). The van der Waals surface area contributed by atoms with Crippen LogP contribution in [0.15, 0.2) is 18.3 Å². The largest absolute Gasteiger partial charge is 0.481 e. The summed E-state index contributed by atoms with van der Waals surface area (Å²) in [5, 5.41) is 22.2. The van der Waals surface area contributed by atoms with Crippen molar-refractivity contribution >= 4 is 17.5 Å². The molecule has 1 heterocycles. The molecule has 0 aromatic carbocycles. The van der Waals surface area contributed by atoms with Crippen LogP contribution in [-0.4, -0.2) is 27.5 Å². The van der Waals surface area contributed by atoms with Crippen LogP contribution in [0, 0.1) is 16.0 Å². The average molecular weight is 281 g/mol. The molecule has 7 heteroatoms. The van der Waals surface area contributed by atoms with Gasteiger partial charge in [-0.05, 0) is 34.7 Å². The second-order valence-corrected chi connectivity index (χ2v) is 4.58. The molecule has 2 N–H and O–H groups in total. The molecule has 1 unspecified atom stereocenters. The molecule has 20 heavy (non-hydrogen) atoms. The predicted molar refractivity (Wildman–Crippen MR) is 74.6 cm³/mol. The number of aliphatic carboxylic acids is 1. The SMILES string of the molecule is CCC(CCNc1ccc([N+](=O)[O-])nc1)CCC(=O)O. The fraction of sp³-hybridized carbons (Fsp3) is 0.538. The van der Waals surface area contributed by atoms with Gasteiger partial charge in [0.25, 0.3) is 0 Å². The minimum Gasteiger partial charge on any atom is -0.481 e. The topological polar surface area (TPSA) is 105 Å². The maximum absolute atomic E-state index is 10.5. The Bertz CT molecular complexity index is 447. The van der Waals surface area contributed by atoms with Gasteiger partial charge in [0.2, 0.25) is 0 Å². The van der Waals surface area contributed by atoms with Crippen molar-refractivity contribution < 1.29 is 14.8 Å². The van der Waals surface area contributed by atoms with Crippen molar-refractivity contribution in [2.75, 3.05) is 11.9 Å². The van der Waals surface area contributed by atoms with E-state index in [1.54, 1.807) is 6.07 Å². The lowest BCUT2D eigenvalue weighted by molar-refractivity contribution is -0.389. The first kappa shape index (κ1) is 15.9. The van der Waals surface area contributed by atoms with Crippen molar-refractivity contribution in [1.82, 2.24) is 4.98 Å². The standard InChI is InChI=1S/C13H19N3O4/c1-2-10(3-6-13(17)18)7-8-14-11-4-5-12(15-9-11)16(19)20/h4-5,9-10,14H,2-3,6-8H2,1H3,(H,17,18). The number of nitro groups is 1. The number of pyridine rings is 1. The molecular weight excluding hydrogens is 262 g/mol. The monoisotopic (exact) mass is 281 g/mol. The van der Waals surface area contributed by atoms with Crippen molar-refractivity contribution in [1.29, 1.82) is 0 Å². The number of nitrogens with one attached hydrogen (secondary N) is 1. The summed E-state index contributed by atoms with van der Waals surface area (Å²) in [7, 11) is 0. The molecule has 110 valence electrons. The summed E-state index contributed by atoms with van der Waals surface area (Å²) < 4.78 is 0. The van der Waals surface area contributed by atoms with E-state index in [1.807, 2.05) is 6.92 Å². The average Bonchev–Trinajstić information content (AvgIpc) is 2.42. The summed E-state index contributed by atoms with van der Waals surface area (Å²) in [6, 6.07) is 2.97. The molecule has 1 aromatic rings. The molecule has 1 atom stereocenters. The van der Waals surface area contributed by atoms with E-state index in [2.05, 4.69) is 10.3 Å². The summed E-state index contributed by atoms with van der Waals surface area (Å²) in [4.78, 5) is 24.2. The molecule has 0 aliphatic heterocycles. The Morgan fingerprint density at radius 3 is 2.75 bits per heavy atom. The van der Waals surface area contributed by atoms with Crippen LogP contribution in [0.2, 0.25) is 0 Å². The van der Waals surface area contributed by atoms with Gasteiger partial charge in [-0.25, -0.2) is 0 Å². The van der Waals surface area contributed by atoms with E-state index in [1.165, 1.54) is 12.3 Å². The molecular formula is C13H19N3O4. The van der Waals surface area contributed by atoms with Crippen molar-refractivity contribution in [3.63, 3.8) is 0 Å². The van der Waals surface area contributed by atoms with E-state index >= 15 is 0 Å². The smallest absolute Gasteiger partial charge is 0.363 e. The normalized spacial score (nSPS) is 11.8. The first-order valence-corrected chi connectivity index (χ1v) is 6.59. The highest BCUT2D eigenvalue weighted by atomic mass is 16.6. The van der Waals surface area contributed by atoms with Crippen LogP contribution in [0.5, 0.6) is 0 Å². The van der Waals surface area contributed by atoms with Gasteiger partial charge in [-0.1, -0.05) is 13.3 Å². The second-order valence-electron chi connectivity index (χ2n) is 4.58. The van der Waals surface area contributed by atoms with Gasteiger partial charge in [0, 0.05) is 19.0 Å². The van der Waals surface area contributed by atoms with E-state index < -0.39 is 10.9 Å². The summed E-state index contributed by atoms with van der Waals surface area (Å²) in [5.74, 6) is -0.580. The summed E-state index contributed by atoms with van der Waals surface area (Å²) in [6.45, 7) is 2.73. The molecule has 0 aliphatic carbocycles. The van der Waals surface area contributed by atoms with Crippen molar-refractivity contribution in [3.8, 4) is 0 Å². The number of anilines is 1. The Kier molecular flexibility index (Phi) is 6.42. The minimum absolute atomic E-state index is 0.177. The van der Waals surface area contributed by atoms with Crippen LogP contribution in [0.25, 0.3) is 0 Å². The number of hydrogen-bond donors (Lipinski definition) is 2. The Morgan fingerprint density at radius 1 is 1.50 bits per heavy atom. The number of rotatable bonds is 9. The van der Waals surface area contributed by atoms with E-state index in [0.29, 0.717) is 18.9 Å². The lowest BCUT2D eigenvalue weighted by Crippen LogP contribution is -2.10. The Balaban J connectivity index is 2.35. The van der Waals surface area contributed by atoms with Crippen LogP contribution in [0.1, 0.15) is 32.6 Å². The maximum atomic E-state index is 10.5. The van der Waals surface area contributed by atoms with E-state index in [0.717, 1.165) is 18.5 Å². The fourth-order valence-corrected chi connectivity index (χ4v) is 1.90. The van der Waals surface area contributed by atoms with Gasteiger partial charge < -0.3 is 20.5 Å². The lowest BCUT2D eigenvalue weighted by atomic mass is 9.96. The summed E-state index contributed by atoms with van der Waals surface area (Å²) in [5.41, 5.74) is 0.726. The number of carboxylic acids is 1. The van der Waals surface area contributed by atoms with E-state index in [4.69, 9.17) is 5.11 Å². The van der Waals surface area contributed by atoms with Crippen LogP contribution in [-0.2, 0) is 4.79 Å². The van der Waals surface area contributed by atoms with Crippen LogP contribution < -0.4 is 5.32 Å². The highest BCUT2D eigenvalue weighted by Crippen LogP contribution is 2.16. The Morgan fingerprint density at radius 2 is 2.25 bits per heavy atom. The third kappa shape index (κ3) is 5.64. The van der Waals surface area contributed by atoms with Gasteiger partial charge in [0.05, 0.1) is 5.69 Å². The number of carbonyl (C=O) groups is 1. The third-order valence-corrected chi connectivity index (χ3v) is 3.16. The Labute approximate surface area is 117 Å². The van der Waals surface area contributed by atoms with Crippen molar-refractivity contribution in [2.45, 2.75) is 32.6 Å². The fourth-order valence-electron chi connectivity index (χ4n) is 1.90. The molecule has 0 spiro atoms. The zero-order chi connectivity index (χ0) is 15.0. The van der Waals surface area contributed by atoms with E-state index in [-0.39, 0.29) is 12.2 Å². The molecule has 0 radical (unpaired) electrons. The van der Waals surface area contributed by atoms with Gasteiger partial charge in [0.15, 0.2) is 6.20 Å². The van der Waals surface area contributed by atoms with E-state index in [9.17, 15) is 14.9 Å². The summed E-state index contributed by atoms with van der Waals surface area (Å²) >= 11 is 0. The van der Waals surface area contributed by atoms with Gasteiger partial charge >= 0.3 is 11.8 Å². The lowest BCUT2D eigenvalue weighted by Gasteiger charge is -2.14. The Hall–Kier alpha value is -2.18. The van der Waals surface area contributed by atoms with Crippen LogP contribution in [0.4, 0.5) is 11.5 Å². The zero-order valence-corrected chi connectivity index (χ0v) is 11.4. The van der Waals surface area contributed by atoms with Gasteiger partial charge in [-0.2, -0.15) is 0 Å². The van der Waals surface area contributed by atoms with Crippen LogP contribution >= 0.6 is 0 Å². The molecule has 0 bridgehead atoms. The molecule has 7 nitrogen and oxygen atoms in total. The molecule has 0 amide bonds. The number of aromatic nitrogens is 1. The van der Waals surface area contributed by atoms with Crippen molar-refractivity contribution in [2.24, 2.45) is 5.92 Å². The molecule has 0 saturated carbocycles. The molecule has 1 aromatic heterocycles.